The molecule has 8 nitrogen and oxygen atoms in total. The van der Waals surface area contributed by atoms with E-state index < -0.39 is 11.4 Å². The van der Waals surface area contributed by atoms with Crippen LogP contribution in [-0.2, 0) is 4.74 Å². The van der Waals surface area contributed by atoms with E-state index in [9.17, 15) is 5.11 Å². The molecule has 2 atom stereocenters. The highest BCUT2D eigenvalue weighted by Crippen LogP contribution is 2.40. The van der Waals surface area contributed by atoms with Gasteiger partial charge < -0.3 is 24.8 Å². The van der Waals surface area contributed by atoms with Crippen LogP contribution in [0.2, 0.25) is 0 Å². The van der Waals surface area contributed by atoms with Crippen molar-refractivity contribution in [2.24, 2.45) is 11.8 Å². The molecule has 0 spiro atoms. The van der Waals surface area contributed by atoms with Crippen LogP contribution >= 0.6 is 0 Å². The third-order valence-electron chi connectivity index (χ3n) is 7.85. The van der Waals surface area contributed by atoms with Gasteiger partial charge in [-0.2, -0.15) is 0 Å². The van der Waals surface area contributed by atoms with Crippen LogP contribution in [0.3, 0.4) is 0 Å². The fourth-order valence-electron chi connectivity index (χ4n) is 5.24. The highest BCUT2D eigenvalue weighted by Gasteiger charge is 2.34. The molecule has 4 heterocycles. The lowest BCUT2D eigenvalue weighted by molar-refractivity contribution is -0.0773. The molecule has 2 aliphatic rings. The number of hydrogen-bond acceptors (Lipinski definition) is 8. The van der Waals surface area contributed by atoms with Crippen molar-refractivity contribution in [3.63, 3.8) is 0 Å². The zero-order chi connectivity index (χ0) is 26.4. The summed E-state index contributed by atoms with van der Waals surface area (Å²) in [4.78, 5) is 15.6. The number of aromatic nitrogens is 3. The molecule has 2 N–H and O–H groups in total. The minimum Gasteiger partial charge on any atom is -0.489 e. The highest BCUT2D eigenvalue weighted by molar-refractivity contribution is 5.98. The van der Waals surface area contributed by atoms with Crippen molar-refractivity contribution in [1.29, 1.82) is 0 Å². The van der Waals surface area contributed by atoms with Gasteiger partial charge in [0.25, 0.3) is 0 Å². The molecule has 9 heteroatoms. The molecule has 0 radical (unpaired) electrons. The van der Waals surface area contributed by atoms with E-state index >= 15 is 4.39 Å². The minimum absolute atomic E-state index is 0.0820. The Morgan fingerprint density at radius 1 is 1.16 bits per heavy atom. The zero-order valence-electron chi connectivity index (χ0n) is 21.8. The Labute approximate surface area is 220 Å². The molecule has 2 aromatic carbocycles. The number of nitrogens with one attached hydrogen (secondary N) is 1. The summed E-state index contributed by atoms with van der Waals surface area (Å²) in [6, 6.07) is 10.9. The molecular weight excluding hydrogens is 485 g/mol. The Bertz CT molecular complexity index is 1490. The first-order valence-corrected chi connectivity index (χ1v) is 13.1. The lowest BCUT2D eigenvalue weighted by atomic mass is 9.90. The molecule has 2 aromatic heterocycles. The number of benzene rings is 2. The maximum absolute atomic E-state index is 15.4. The van der Waals surface area contributed by atoms with Crippen LogP contribution in [0.15, 0.2) is 48.9 Å². The van der Waals surface area contributed by atoms with Crippen molar-refractivity contribution in [3.8, 4) is 5.75 Å². The van der Waals surface area contributed by atoms with Crippen molar-refractivity contribution >= 4 is 39.0 Å². The quantitative estimate of drug-likeness (QED) is 0.351. The van der Waals surface area contributed by atoms with Gasteiger partial charge in [-0.15, -0.1) is 0 Å². The number of aliphatic hydroxyl groups is 1. The van der Waals surface area contributed by atoms with Gasteiger partial charge in [0, 0.05) is 48.3 Å². The molecule has 0 aliphatic carbocycles. The van der Waals surface area contributed by atoms with Gasteiger partial charge >= 0.3 is 0 Å². The van der Waals surface area contributed by atoms with Crippen molar-refractivity contribution in [1.82, 2.24) is 15.0 Å². The summed E-state index contributed by atoms with van der Waals surface area (Å²) < 4.78 is 27.3. The van der Waals surface area contributed by atoms with Crippen molar-refractivity contribution in [3.05, 3.63) is 54.7 Å². The summed E-state index contributed by atoms with van der Waals surface area (Å²) in [6.45, 7) is 8.67. The molecule has 6 rings (SSSR count). The summed E-state index contributed by atoms with van der Waals surface area (Å²) in [5.74, 6) is 1.17. The second-order valence-electron chi connectivity index (χ2n) is 10.9. The van der Waals surface area contributed by atoms with Crippen LogP contribution < -0.4 is 15.0 Å². The van der Waals surface area contributed by atoms with Crippen LogP contribution in [-0.4, -0.2) is 58.1 Å². The smallest absolute Gasteiger partial charge is 0.156 e. The minimum atomic E-state index is -0.748. The van der Waals surface area contributed by atoms with Gasteiger partial charge in [0.1, 0.15) is 24.0 Å². The van der Waals surface area contributed by atoms with Gasteiger partial charge in [-0.25, -0.2) is 14.4 Å². The number of pyridine rings is 1. The Kier molecular flexibility index (Phi) is 6.28. The third-order valence-corrected chi connectivity index (χ3v) is 7.85. The highest BCUT2D eigenvalue weighted by atomic mass is 19.1. The maximum atomic E-state index is 15.4. The Morgan fingerprint density at radius 3 is 2.74 bits per heavy atom. The first-order chi connectivity index (χ1) is 18.3. The van der Waals surface area contributed by atoms with Crippen molar-refractivity contribution in [2.75, 3.05) is 36.5 Å². The topological polar surface area (TPSA) is 92.6 Å². The predicted octanol–water partition coefficient (Wildman–Crippen LogP) is 5.07. The largest absolute Gasteiger partial charge is 0.489 e. The van der Waals surface area contributed by atoms with E-state index in [1.165, 1.54) is 6.33 Å². The summed E-state index contributed by atoms with van der Waals surface area (Å²) >= 11 is 0. The van der Waals surface area contributed by atoms with Gasteiger partial charge in [-0.1, -0.05) is 0 Å². The van der Waals surface area contributed by atoms with Gasteiger partial charge in [0.2, 0.25) is 0 Å². The average molecular weight is 518 g/mol. The Balaban J connectivity index is 1.41. The van der Waals surface area contributed by atoms with Crippen LogP contribution in [0.25, 0.3) is 21.8 Å². The van der Waals surface area contributed by atoms with Crippen LogP contribution in [0.5, 0.6) is 5.75 Å². The van der Waals surface area contributed by atoms with Gasteiger partial charge in [0.15, 0.2) is 5.82 Å². The first-order valence-electron chi connectivity index (χ1n) is 13.1. The normalized spacial score (nSPS) is 19.1. The van der Waals surface area contributed by atoms with Crippen molar-refractivity contribution in [2.45, 2.75) is 38.9 Å². The molecule has 0 amide bonds. The molecule has 38 heavy (non-hydrogen) atoms. The Hall–Kier alpha value is -3.56. The monoisotopic (exact) mass is 517 g/mol. The molecule has 2 aliphatic heterocycles. The lowest BCUT2D eigenvalue weighted by Gasteiger charge is -2.32. The Morgan fingerprint density at radius 2 is 2.00 bits per heavy atom. The van der Waals surface area contributed by atoms with Crippen molar-refractivity contribution < 1.29 is 19.0 Å². The van der Waals surface area contributed by atoms with E-state index in [2.05, 4.69) is 25.2 Å². The number of halogens is 1. The van der Waals surface area contributed by atoms with Crippen LogP contribution in [0, 0.1) is 17.7 Å². The number of fused-ring (bicyclic) bond motifs is 2. The second kappa shape index (κ2) is 9.63. The number of rotatable bonds is 7. The summed E-state index contributed by atoms with van der Waals surface area (Å²) in [5, 5.41) is 14.9. The predicted molar refractivity (Wildman–Crippen MR) is 146 cm³/mol. The van der Waals surface area contributed by atoms with E-state index in [1.807, 2.05) is 32.9 Å². The number of nitrogens with zero attached hydrogens (tertiary/aromatic N) is 4. The molecule has 2 saturated heterocycles. The number of ether oxygens (including phenoxy) is 2. The lowest BCUT2D eigenvalue weighted by Crippen LogP contribution is -2.39. The SMILES string of the molecule is C[C@@H](Oc1cc(N2CC[C@@H](C(C)(C)O)C2)cc2ncnc(Nc3ccc4ncccc4c3F)c12)C1COC1. The van der Waals surface area contributed by atoms with E-state index in [-0.39, 0.29) is 12.0 Å². The van der Waals surface area contributed by atoms with Crippen LogP contribution in [0.4, 0.5) is 21.6 Å². The molecule has 0 bridgehead atoms. The molecule has 0 saturated carbocycles. The molecule has 2 fully saturated rings. The fourth-order valence-corrected chi connectivity index (χ4v) is 5.24. The third kappa shape index (κ3) is 4.61. The fraction of sp³-hybridized carbons (Fsp3) is 0.414. The van der Waals surface area contributed by atoms with Crippen LogP contribution in [0.1, 0.15) is 27.2 Å². The zero-order valence-corrected chi connectivity index (χ0v) is 21.8. The summed E-state index contributed by atoms with van der Waals surface area (Å²) in [7, 11) is 0. The average Bonchev–Trinajstić information content (AvgIpc) is 3.36. The summed E-state index contributed by atoms with van der Waals surface area (Å²) in [6.07, 6.45) is 3.94. The molecule has 0 unspecified atom stereocenters. The van der Waals surface area contributed by atoms with E-state index in [0.29, 0.717) is 58.2 Å². The van der Waals surface area contributed by atoms with Gasteiger partial charge in [0.05, 0.1) is 40.9 Å². The maximum Gasteiger partial charge on any atom is 0.156 e. The van der Waals surface area contributed by atoms with Gasteiger partial charge in [-0.3, -0.25) is 4.98 Å². The van der Waals surface area contributed by atoms with Gasteiger partial charge in [-0.05, 0) is 57.5 Å². The number of hydrogen-bond donors (Lipinski definition) is 2. The first kappa shape index (κ1) is 24.8. The van der Waals surface area contributed by atoms with E-state index in [0.717, 1.165) is 25.2 Å². The number of anilines is 3. The summed E-state index contributed by atoms with van der Waals surface area (Å²) in [5.41, 5.74) is 1.81. The molecular formula is C29H32FN5O3. The van der Waals surface area contributed by atoms with E-state index in [4.69, 9.17) is 9.47 Å². The molecule has 198 valence electrons. The standard InChI is InChI=1S/C29H32FN5O3/c1-17(18-14-37-15-18)38-25-12-20(35-10-8-19(13-35)29(2,3)36)11-24-26(25)28(33-16-32-24)34-23-7-6-22-21(27(23)30)5-4-9-31-22/h4-7,9,11-12,16-19,36H,8,10,13-15H2,1-3H3,(H,32,33,34)/t17-,19-/m1/s1. The van der Waals surface area contributed by atoms with E-state index in [1.54, 1.807) is 30.5 Å². The molecule has 4 aromatic rings. The second-order valence-corrected chi connectivity index (χ2v) is 10.9.